The van der Waals surface area contributed by atoms with Crippen molar-refractivity contribution in [1.82, 2.24) is 0 Å². The van der Waals surface area contributed by atoms with E-state index in [4.69, 9.17) is 5.41 Å². The fraction of sp³-hybridized carbons (Fsp3) is 0.667. The van der Waals surface area contributed by atoms with Gasteiger partial charge in [-0.1, -0.05) is 23.5 Å². The van der Waals surface area contributed by atoms with Gasteiger partial charge in [-0.25, -0.2) is 0 Å². The van der Waals surface area contributed by atoms with Crippen molar-refractivity contribution in [2.75, 3.05) is 11.5 Å². The SMILES string of the molecule is Cl.N=C1SCCS1. The molecule has 0 aromatic carbocycles. The molecule has 1 N–H and O–H groups in total. The van der Waals surface area contributed by atoms with Crippen molar-refractivity contribution in [3.8, 4) is 0 Å². The quantitative estimate of drug-likeness (QED) is 0.577. The molecule has 7 heavy (non-hydrogen) atoms. The maximum Gasteiger partial charge on any atom is 0.121 e. The minimum absolute atomic E-state index is 0. The zero-order valence-corrected chi connectivity index (χ0v) is 6.09. The summed E-state index contributed by atoms with van der Waals surface area (Å²) in [6.45, 7) is 0. The summed E-state index contributed by atoms with van der Waals surface area (Å²) in [7, 11) is 0. The molecule has 1 fully saturated rings. The van der Waals surface area contributed by atoms with E-state index in [0.717, 1.165) is 15.9 Å². The highest BCUT2D eigenvalue weighted by atomic mass is 35.5. The van der Waals surface area contributed by atoms with Crippen LogP contribution in [0, 0.1) is 5.41 Å². The van der Waals surface area contributed by atoms with Crippen molar-refractivity contribution < 1.29 is 0 Å². The first-order valence-corrected chi connectivity index (χ1v) is 3.71. The molecule has 0 aromatic rings. The third-order valence-corrected chi connectivity index (χ3v) is 2.86. The summed E-state index contributed by atoms with van der Waals surface area (Å²) in [6.07, 6.45) is 0. The Kier molecular flexibility index (Phi) is 3.98. The Morgan fingerprint density at radius 2 is 1.71 bits per heavy atom. The first kappa shape index (κ1) is 7.66. The fourth-order valence-corrected chi connectivity index (χ4v) is 2.18. The number of hydrogen-bond acceptors (Lipinski definition) is 3. The van der Waals surface area contributed by atoms with Crippen LogP contribution in [0.15, 0.2) is 0 Å². The smallest absolute Gasteiger partial charge is 0.121 e. The van der Waals surface area contributed by atoms with E-state index < -0.39 is 0 Å². The molecule has 0 aromatic heterocycles. The lowest BCUT2D eigenvalue weighted by Crippen LogP contribution is -1.64. The van der Waals surface area contributed by atoms with E-state index in [-0.39, 0.29) is 12.4 Å². The summed E-state index contributed by atoms with van der Waals surface area (Å²) >= 11 is 3.29. The average Bonchev–Trinajstić information content (AvgIpc) is 1.86. The molecule has 1 saturated heterocycles. The second-order valence-corrected chi connectivity index (χ2v) is 3.45. The number of hydrogen-bond donors (Lipinski definition) is 1. The number of thioether (sulfide) groups is 2. The molecular formula is C3H6ClNS2. The maximum absolute atomic E-state index is 6.97. The van der Waals surface area contributed by atoms with Gasteiger partial charge >= 0.3 is 0 Å². The van der Waals surface area contributed by atoms with E-state index in [1.54, 1.807) is 23.5 Å². The van der Waals surface area contributed by atoms with Crippen molar-refractivity contribution in [3.05, 3.63) is 0 Å². The van der Waals surface area contributed by atoms with Gasteiger partial charge in [-0.2, -0.15) is 0 Å². The Hall–Kier alpha value is 0.660. The van der Waals surface area contributed by atoms with Gasteiger partial charge in [0.2, 0.25) is 0 Å². The van der Waals surface area contributed by atoms with Gasteiger partial charge in [0.25, 0.3) is 0 Å². The normalized spacial score (nSPS) is 19.1. The number of rotatable bonds is 0. The minimum atomic E-state index is 0. The highest BCUT2D eigenvalue weighted by molar-refractivity contribution is 8.41. The lowest BCUT2D eigenvalue weighted by atomic mass is 11.0. The second-order valence-electron chi connectivity index (χ2n) is 0.984. The Bertz CT molecular complexity index is 67.3. The molecule has 0 unspecified atom stereocenters. The van der Waals surface area contributed by atoms with Crippen LogP contribution < -0.4 is 0 Å². The highest BCUT2D eigenvalue weighted by Gasteiger charge is 2.04. The Labute approximate surface area is 57.5 Å². The van der Waals surface area contributed by atoms with Crippen LogP contribution in [-0.4, -0.2) is 15.9 Å². The summed E-state index contributed by atoms with van der Waals surface area (Å²) in [5.74, 6) is 2.28. The van der Waals surface area contributed by atoms with Crippen LogP contribution in [0.2, 0.25) is 0 Å². The maximum atomic E-state index is 6.97. The monoisotopic (exact) mass is 155 g/mol. The van der Waals surface area contributed by atoms with Crippen LogP contribution in [0.1, 0.15) is 0 Å². The predicted octanol–water partition coefficient (Wildman–Crippen LogP) is 1.82. The van der Waals surface area contributed by atoms with Gasteiger partial charge in [0.1, 0.15) is 4.38 Å². The van der Waals surface area contributed by atoms with Gasteiger partial charge in [0, 0.05) is 11.5 Å². The van der Waals surface area contributed by atoms with Crippen LogP contribution in [0.4, 0.5) is 0 Å². The Morgan fingerprint density at radius 3 is 1.86 bits per heavy atom. The van der Waals surface area contributed by atoms with Crippen LogP contribution in [0.3, 0.4) is 0 Å². The summed E-state index contributed by atoms with van der Waals surface area (Å²) in [6, 6.07) is 0. The summed E-state index contributed by atoms with van der Waals surface area (Å²) in [5, 5.41) is 6.97. The standard InChI is InChI=1S/C3H5NS2.ClH/c4-3-5-1-2-6-3;/h4H,1-2H2;1H. The molecule has 1 rings (SSSR count). The van der Waals surface area contributed by atoms with E-state index in [1.807, 2.05) is 0 Å². The van der Waals surface area contributed by atoms with Gasteiger partial charge in [-0.3, -0.25) is 5.41 Å². The van der Waals surface area contributed by atoms with Crippen molar-refractivity contribution in [1.29, 1.82) is 5.41 Å². The van der Waals surface area contributed by atoms with E-state index in [0.29, 0.717) is 0 Å². The minimum Gasteiger partial charge on any atom is -0.288 e. The van der Waals surface area contributed by atoms with Gasteiger partial charge < -0.3 is 0 Å². The molecule has 0 aliphatic carbocycles. The molecule has 1 heterocycles. The van der Waals surface area contributed by atoms with Crippen LogP contribution in [-0.2, 0) is 0 Å². The van der Waals surface area contributed by atoms with Crippen molar-refractivity contribution in [3.63, 3.8) is 0 Å². The van der Waals surface area contributed by atoms with E-state index in [9.17, 15) is 0 Å². The van der Waals surface area contributed by atoms with E-state index >= 15 is 0 Å². The second kappa shape index (κ2) is 3.64. The highest BCUT2D eigenvalue weighted by Crippen LogP contribution is 2.23. The first-order chi connectivity index (χ1) is 2.89. The lowest BCUT2D eigenvalue weighted by Gasteiger charge is -1.76. The van der Waals surface area contributed by atoms with Gasteiger partial charge in [-0.05, 0) is 0 Å². The van der Waals surface area contributed by atoms with Gasteiger partial charge in [-0.15, -0.1) is 12.4 Å². The van der Waals surface area contributed by atoms with Crippen LogP contribution >= 0.6 is 35.9 Å². The van der Waals surface area contributed by atoms with Crippen molar-refractivity contribution >= 4 is 40.3 Å². The molecular weight excluding hydrogens is 150 g/mol. The van der Waals surface area contributed by atoms with Crippen LogP contribution in [0.5, 0.6) is 0 Å². The Balaban J connectivity index is 0.000000360. The molecule has 0 spiro atoms. The largest absolute Gasteiger partial charge is 0.288 e. The molecule has 4 heteroatoms. The Morgan fingerprint density at radius 1 is 1.29 bits per heavy atom. The first-order valence-electron chi connectivity index (χ1n) is 1.74. The molecule has 0 amide bonds. The molecule has 1 nitrogen and oxygen atoms in total. The average molecular weight is 156 g/mol. The number of nitrogens with one attached hydrogen (secondary N) is 1. The van der Waals surface area contributed by atoms with Crippen molar-refractivity contribution in [2.24, 2.45) is 0 Å². The fourth-order valence-electron chi connectivity index (χ4n) is 0.310. The molecule has 0 atom stereocenters. The zero-order valence-electron chi connectivity index (χ0n) is 3.64. The molecule has 0 radical (unpaired) electrons. The van der Waals surface area contributed by atoms with Crippen LogP contribution in [0.25, 0.3) is 0 Å². The summed E-state index contributed by atoms with van der Waals surface area (Å²) in [5.41, 5.74) is 0. The molecule has 1 aliphatic rings. The lowest BCUT2D eigenvalue weighted by molar-refractivity contribution is 1.59. The predicted molar refractivity (Wildman–Crippen MR) is 39.9 cm³/mol. The van der Waals surface area contributed by atoms with E-state index in [2.05, 4.69) is 0 Å². The molecule has 1 aliphatic heterocycles. The van der Waals surface area contributed by atoms with Gasteiger partial charge in [0.05, 0.1) is 0 Å². The topological polar surface area (TPSA) is 23.9 Å². The van der Waals surface area contributed by atoms with E-state index in [1.165, 1.54) is 0 Å². The molecule has 42 valence electrons. The van der Waals surface area contributed by atoms with Gasteiger partial charge in [0.15, 0.2) is 0 Å². The number of halogens is 1. The summed E-state index contributed by atoms with van der Waals surface area (Å²) in [4.78, 5) is 0. The molecule has 0 bridgehead atoms. The third-order valence-electron chi connectivity index (χ3n) is 0.550. The summed E-state index contributed by atoms with van der Waals surface area (Å²) < 4.78 is 0.787. The zero-order chi connectivity index (χ0) is 4.41. The molecule has 0 saturated carbocycles. The van der Waals surface area contributed by atoms with Crippen molar-refractivity contribution in [2.45, 2.75) is 0 Å². The third kappa shape index (κ3) is 2.46.